The topological polar surface area (TPSA) is 12.9 Å². The zero-order valence-corrected chi connectivity index (χ0v) is 7.23. The molecule has 11 heavy (non-hydrogen) atoms. The monoisotopic (exact) mass is 167 g/mol. The molecule has 0 aromatic carbocycles. The molecule has 1 nitrogen and oxygen atoms in total. The Bertz CT molecular complexity index is 268. The van der Waals surface area contributed by atoms with E-state index in [0.717, 1.165) is 11.3 Å². The van der Waals surface area contributed by atoms with E-state index in [0.29, 0.717) is 11.5 Å². The van der Waals surface area contributed by atoms with E-state index in [2.05, 4.69) is 11.6 Å². The summed E-state index contributed by atoms with van der Waals surface area (Å²) in [5, 5.41) is 0.631. The first kappa shape index (κ1) is 8.28. The average Bonchev–Trinajstić information content (AvgIpc) is 1.93. The molecule has 1 aromatic heterocycles. The molecule has 0 radical (unpaired) electrons. The van der Waals surface area contributed by atoms with Gasteiger partial charge >= 0.3 is 0 Å². The zero-order valence-electron chi connectivity index (χ0n) is 6.47. The second kappa shape index (κ2) is 3.54. The smallest absolute Gasteiger partial charge is 0.0485 e. The summed E-state index contributed by atoms with van der Waals surface area (Å²) >= 11 is 5.65. The summed E-state index contributed by atoms with van der Waals surface area (Å²) in [6.07, 6.45) is 2.43. The summed E-state index contributed by atoms with van der Waals surface area (Å²) in [4.78, 5) is 4.17. The van der Waals surface area contributed by atoms with Gasteiger partial charge in [-0.15, -0.1) is 0 Å². The van der Waals surface area contributed by atoms with Crippen LogP contribution in [0.2, 0.25) is 0 Å². The number of aromatic nitrogens is 1. The van der Waals surface area contributed by atoms with Crippen molar-refractivity contribution in [3.8, 4) is 0 Å². The normalized spacial score (nSPS) is 9.64. The number of hydrogen-bond donors (Lipinski definition) is 0. The van der Waals surface area contributed by atoms with E-state index < -0.39 is 0 Å². The van der Waals surface area contributed by atoms with Gasteiger partial charge in [-0.1, -0.05) is 24.2 Å². The van der Waals surface area contributed by atoms with Crippen LogP contribution in [0.1, 0.15) is 11.3 Å². The van der Waals surface area contributed by atoms with Gasteiger partial charge in [0.15, 0.2) is 0 Å². The molecular formula is C9H10ClN. The van der Waals surface area contributed by atoms with E-state index >= 15 is 0 Å². The van der Waals surface area contributed by atoms with Gasteiger partial charge in [0.1, 0.15) is 0 Å². The van der Waals surface area contributed by atoms with E-state index in [4.69, 9.17) is 11.6 Å². The molecule has 0 aliphatic carbocycles. The lowest BCUT2D eigenvalue weighted by Crippen LogP contribution is -1.92. The van der Waals surface area contributed by atoms with E-state index in [-0.39, 0.29) is 0 Å². The molecule has 0 spiro atoms. The van der Waals surface area contributed by atoms with Crippen molar-refractivity contribution < 1.29 is 0 Å². The van der Waals surface area contributed by atoms with Gasteiger partial charge in [0, 0.05) is 23.3 Å². The summed E-state index contributed by atoms with van der Waals surface area (Å²) in [5.74, 6) is 0. The molecule has 0 unspecified atom stereocenters. The molecule has 1 heterocycles. The van der Waals surface area contributed by atoms with Crippen LogP contribution in [0.25, 0.3) is 0 Å². The Balaban J connectivity index is 2.86. The van der Waals surface area contributed by atoms with Crippen LogP contribution in [0.3, 0.4) is 0 Å². The fourth-order valence-corrected chi connectivity index (χ4v) is 1.01. The van der Waals surface area contributed by atoms with Gasteiger partial charge < -0.3 is 0 Å². The van der Waals surface area contributed by atoms with Gasteiger partial charge in [-0.25, -0.2) is 0 Å². The Kier molecular flexibility index (Phi) is 2.66. The van der Waals surface area contributed by atoms with Crippen molar-refractivity contribution in [1.29, 1.82) is 0 Å². The molecule has 1 rings (SSSR count). The maximum atomic E-state index is 5.65. The molecule has 0 saturated heterocycles. The lowest BCUT2D eigenvalue weighted by atomic mass is 10.2. The van der Waals surface area contributed by atoms with Crippen molar-refractivity contribution in [2.45, 2.75) is 13.3 Å². The van der Waals surface area contributed by atoms with Crippen LogP contribution >= 0.6 is 11.6 Å². The highest BCUT2D eigenvalue weighted by atomic mass is 35.5. The third kappa shape index (κ3) is 2.35. The average molecular weight is 168 g/mol. The summed E-state index contributed by atoms with van der Waals surface area (Å²) in [6, 6.07) is 3.93. The van der Waals surface area contributed by atoms with Crippen molar-refractivity contribution >= 4 is 11.6 Å². The Hall–Kier alpha value is -0.820. The largest absolute Gasteiger partial charge is 0.261 e. The predicted octanol–water partition coefficient (Wildman–Crippen LogP) is 2.69. The molecule has 2 heteroatoms. The highest BCUT2D eigenvalue weighted by molar-refractivity contribution is 6.29. The predicted molar refractivity (Wildman–Crippen MR) is 47.7 cm³/mol. The molecule has 0 saturated carbocycles. The van der Waals surface area contributed by atoms with Crippen molar-refractivity contribution in [3.63, 3.8) is 0 Å². The molecule has 0 N–H and O–H groups in total. The molecule has 0 amide bonds. The molecule has 58 valence electrons. The molecule has 0 fully saturated rings. The Morgan fingerprint density at radius 2 is 2.45 bits per heavy atom. The van der Waals surface area contributed by atoms with Crippen molar-refractivity contribution in [2.75, 3.05) is 0 Å². The minimum atomic E-state index is 0.631. The van der Waals surface area contributed by atoms with Crippen LogP contribution in [0, 0.1) is 6.92 Å². The van der Waals surface area contributed by atoms with Gasteiger partial charge in [0.25, 0.3) is 0 Å². The number of halogens is 1. The number of allylic oxidation sites excluding steroid dienone is 1. The van der Waals surface area contributed by atoms with Gasteiger partial charge in [-0.2, -0.15) is 0 Å². The number of aryl methyl sites for hydroxylation is 1. The highest BCUT2D eigenvalue weighted by Crippen LogP contribution is 2.10. The standard InChI is InChI=1S/C9H10ClN/c1-7-4-3-5-11-9(7)6-8(2)10/h3-5H,2,6H2,1H3. The molecule has 0 aliphatic heterocycles. The fourth-order valence-electron chi connectivity index (χ4n) is 0.885. The second-order valence-electron chi connectivity index (χ2n) is 2.46. The number of hydrogen-bond acceptors (Lipinski definition) is 1. The quantitative estimate of drug-likeness (QED) is 0.660. The van der Waals surface area contributed by atoms with E-state index in [9.17, 15) is 0 Å². The molecule has 1 aromatic rings. The molecule has 0 aliphatic rings. The minimum absolute atomic E-state index is 0.631. The number of nitrogens with zero attached hydrogens (tertiary/aromatic N) is 1. The van der Waals surface area contributed by atoms with Crippen LogP contribution in [0.15, 0.2) is 29.9 Å². The molecule has 0 bridgehead atoms. The first-order chi connectivity index (χ1) is 5.20. The van der Waals surface area contributed by atoms with Crippen LogP contribution in [-0.2, 0) is 6.42 Å². The van der Waals surface area contributed by atoms with Gasteiger partial charge in [0.2, 0.25) is 0 Å². The first-order valence-corrected chi connectivity index (χ1v) is 3.81. The van der Waals surface area contributed by atoms with Crippen molar-refractivity contribution in [3.05, 3.63) is 41.2 Å². The van der Waals surface area contributed by atoms with Crippen molar-refractivity contribution in [1.82, 2.24) is 4.98 Å². The number of rotatable bonds is 2. The zero-order chi connectivity index (χ0) is 8.27. The van der Waals surface area contributed by atoms with Crippen molar-refractivity contribution in [2.24, 2.45) is 0 Å². The number of pyridine rings is 1. The third-order valence-corrected chi connectivity index (χ3v) is 1.61. The maximum absolute atomic E-state index is 5.65. The maximum Gasteiger partial charge on any atom is 0.0485 e. The van der Waals surface area contributed by atoms with E-state index in [1.54, 1.807) is 6.20 Å². The van der Waals surface area contributed by atoms with Crippen LogP contribution < -0.4 is 0 Å². The van der Waals surface area contributed by atoms with Crippen LogP contribution in [0.5, 0.6) is 0 Å². The Morgan fingerprint density at radius 1 is 1.73 bits per heavy atom. The summed E-state index contributed by atoms with van der Waals surface area (Å²) in [5.41, 5.74) is 2.17. The van der Waals surface area contributed by atoms with Gasteiger partial charge in [-0.3, -0.25) is 4.98 Å². The third-order valence-electron chi connectivity index (χ3n) is 1.48. The van der Waals surface area contributed by atoms with E-state index in [1.165, 1.54) is 0 Å². The molecule has 0 atom stereocenters. The Morgan fingerprint density at radius 3 is 3.00 bits per heavy atom. The van der Waals surface area contributed by atoms with Crippen LogP contribution in [0.4, 0.5) is 0 Å². The molecular weight excluding hydrogens is 158 g/mol. The SMILES string of the molecule is C=C(Cl)Cc1ncccc1C. The van der Waals surface area contributed by atoms with Crippen LogP contribution in [-0.4, -0.2) is 4.98 Å². The highest BCUT2D eigenvalue weighted by Gasteiger charge is 1.98. The second-order valence-corrected chi connectivity index (χ2v) is 3.00. The summed E-state index contributed by atoms with van der Waals surface area (Å²) in [6.45, 7) is 5.63. The van der Waals surface area contributed by atoms with Gasteiger partial charge in [-0.05, 0) is 18.6 Å². The summed E-state index contributed by atoms with van der Waals surface area (Å²) < 4.78 is 0. The van der Waals surface area contributed by atoms with Gasteiger partial charge in [0.05, 0.1) is 0 Å². The lowest BCUT2D eigenvalue weighted by Gasteiger charge is -2.00. The van der Waals surface area contributed by atoms with E-state index in [1.807, 2.05) is 19.1 Å². The fraction of sp³-hybridized carbons (Fsp3) is 0.222. The lowest BCUT2D eigenvalue weighted by molar-refractivity contribution is 1.06. The minimum Gasteiger partial charge on any atom is -0.261 e. The Labute approximate surface area is 71.7 Å². The first-order valence-electron chi connectivity index (χ1n) is 3.44. The summed E-state index contributed by atoms with van der Waals surface area (Å²) in [7, 11) is 0.